The zero-order valence-corrected chi connectivity index (χ0v) is 12.6. The topological polar surface area (TPSA) is 105 Å². The Hall–Kier alpha value is -2.45. The molecule has 22 heavy (non-hydrogen) atoms. The summed E-state index contributed by atoms with van der Waals surface area (Å²) in [5.74, 6) is 0. The summed E-state index contributed by atoms with van der Waals surface area (Å²) in [5.41, 5.74) is 1.78. The number of nitrogens with zero attached hydrogens (tertiary/aromatic N) is 1. The lowest BCUT2D eigenvalue weighted by Gasteiger charge is -2.12. The molecule has 0 radical (unpaired) electrons. The summed E-state index contributed by atoms with van der Waals surface area (Å²) in [6.45, 7) is 1.75. The Morgan fingerprint density at radius 3 is 2.82 bits per heavy atom. The minimum absolute atomic E-state index is 0.0312. The van der Waals surface area contributed by atoms with Crippen LogP contribution in [0.2, 0.25) is 0 Å². The smallest absolute Gasteiger partial charge is 0.319 e. The molecule has 0 bridgehead atoms. The predicted octanol–water partition coefficient (Wildman–Crippen LogP) is 2.82. The highest BCUT2D eigenvalue weighted by atomic mass is 32.1. The fourth-order valence-corrected chi connectivity index (χ4v) is 2.55. The quantitative estimate of drug-likeness (QED) is 0.581. The molecule has 0 saturated heterocycles. The monoisotopic (exact) mass is 321 g/mol. The summed E-state index contributed by atoms with van der Waals surface area (Å²) >= 11 is 1.47. The second-order valence-electron chi connectivity index (χ2n) is 4.66. The van der Waals surface area contributed by atoms with Crippen LogP contribution in [0, 0.1) is 17.0 Å². The minimum Gasteiger partial charge on any atom is -0.387 e. The molecule has 2 amide bonds. The lowest BCUT2D eigenvalue weighted by Crippen LogP contribution is -2.32. The van der Waals surface area contributed by atoms with Crippen LogP contribution >= 0.6 is 11.3 Å². The molecule has 1 atom stereocenters. The second kappa shape index (κ2) is 7.01. The third-order valence-electron chi connectivity index (χ3n) is 3.05. The zero-order chi connectivity index (χ0) is 16.1. The van der Waals surface area contributed by atoms with Gasteiger partial charge < -0.3 is 15.7 Å². The van der Waals surface area contributed by atoms with Crippen LogP contribution in [0.15, 0.2) is 35.0 Å². The first-order valence-electron chi connectivity index (χ1n) is 6.47. The number of hydrogen-bond acceptors (Lipinski definition) is 5. The van der Waals surface area contributed by atoms with Crippen molar-refractivity contribution in [2.45, 2.75) is 13.0 Å². The first-order chi connectivity index (χ1) is 10.5. The Morgan fingerprint density at radius 2 is 2.23 bits per heavy atom. The molecule has 3 N–H and O–H groups in total. The normalized spacial score (nSPS) is 11.7. The van der Waals surface area contributed by atoms with Gasteiger partial charge in [-0.1, -0.05) is 0 Å². The molecule has 7 nitrogen and oxygen atoms in total. The average Bonchev–Trinajstić information content (AvgIpc) is 3.01. The van der Waals surface area contributed by atoms with Gasteiger partial charge in [-0.05, 0) is 40.9 Å². The lowest BCUT2D eigenvalue weighted by atomic mass is 10.2. The van der Waals surface area contributed by atoms with E-state index in [1.54, 1.807) is 13.0 Å². The number of carbonyl (C=O) groups excluding carboxylic acids is 1. The van der Waals surface area contributed by atoms with E-state index in [0.717, 1.165) is 5.56 Å². The number of thiophene rings is 1. The summed E-state index contributed by atoms with van der Waals surface area (Å²) < 4.78 is 0. The summed E-state index contributed by atoms with van der Waals surface area (Å²) in [5, 5.41) is 29.3. The van der Waals surface area contributed by atoms with Gasteiger partial charge in [0, 0.05) is 24.4 Å². The molecular formula is C14H15N3O4S. The number of hydrogen-bond donors (Lipinski definition) is 3. The van der Waals surface area contributed by atoms with Gasteiger partial charge in [-0.3, -0.25) is 10.1 Å². The average molecular weight is 321 g/mol. The van der Waals surface area contributed by atoms with Gasteiger partial charge in [0.15, 0.2) is 0 Å². The highest BCUT2D eigenvalue weighted by Gasteiger charge is 2.12. The van der Waals surface area contributed by atoms with Crippen LogP contribution in [0.5, 0.6) is 0 Å². The van der Waals surface area contributed by atoms with E-state index in [2.05, 4.69) is 10.6 Å². The largest absolute Gasteiger partial charge is 0.387 e. The van der Waals surface area contributed by atoms with Crippen molar-refractivity contribution >= 4 is 28.7 Å². The standard InChI is InChI=1S/C14H15N3O4S/c1-9-6-11(17(20)21)2-3-12(9)16-14(19)15-7-13(18)10-4-5-22-8-10/h2-6,8,13,18H,7H2,1H3,(H2,15,16,19)/t13-/m1/s1. The molecule has 1 aromatic carbocycles. The van der Waals surface area contributed by atoms with E-state index >= 15 is 0 Å². The van der Waals surface area contributed by atoms with Crippen LogP contribution in [0.1, 0.15) is 17.2 Å². The van der Waals surface area contributed by atoms with E-state index < -0.39 is 17.1 Å². The van der Waals surface area contributed by atoms with E-state index in [9.17, 15) is 20.0 Å². The van der Waals surface area contributed by atoms with E-state index in [4.69, 9.17) is 0 Å². The molecule has 0 aliphatic carbocycles. The van der Waals surface area contributed by atoms with Crippen molar-refractivity contribution in [2.24, 2.45) is 0 Å². The maximum absolute atomic E-state index is 11.8. The van der Waals surface area contributed by atoms with Crippen molar-refractivity contribution in [3.8, 4) is 0 Å². The van der Waals surface area contributed by atoms with Crippen LogP contribution in [0.3, 0.4) is 0 Å². The van der Waals surface area contributed by atoms with Crippen molar-refractivity contribution in [1.82, 2.24) is 5.32 Å². The number of urea groups is 1. The van der Waals surface area contributed by atoms with Crippen LogP contribution < -0.4 is 10.6 Å². The van der Waals surface area contributed by atoms with Crippen molar-refractivity contribution in [1.29, 1.82) is 0 Å². The Balaban J connectivity index is 1.91. The van der Waals surface area contributed by atoms with Crippen LogP contribution in [0.25, 0.3) is 0 Å². The number of non-ortho nitro benzene ring substituents is 1. The zero-order valence-electron chi connectivity index (χ0n) is 11.8. The van der Waals surface area contributed by atoms with E-state index in [0.29, 0.717) is 11.3 Å². The molecule has 0 aliphatic heterocycles. The maximum atomic E-state index is 11.8. The number of carbonyl (C=O) groups is 1. The SMILES string of the molecule is Cc1cc([N+](=O)[O-])ccc1NC(=O)NC[C@@H](O)c1ccsc1. The summed E-state index contributed by atoms with van der Waals surface area (Å²) in [4.78, 5) is 22.0. The highest BCUT2D eigenvalue weighted by molar-refractivity contribution is 7.07. The molecule has 0 saturated carbocycles. The van der Waals surface area contributed by atoms with E-state index in [1.165, 1.54) is 29.5 Å². The van der Waals surface area contributed by atoms with Gasteiger partial charge >= 0.3 is 6.03 Å². The number of nitrogens with one attached hydrogen (secondary N) is 2. The predicted molar refractivity (Wildman–Crippen MR) is 84.1 cm³/mol. The molecular weight excluding hydrogens is 306 g/mol. The molecule has 0 fully saturated rings. The van der Waals surface area contributed by atoms with Gasteiger partial charge in [-0.15, -0.1) is 0 Å². The number of aryl methyl sites for hydroxylation is 1. The van der Waals surface area contributed by atoms with Gasteiger partial charge in [0.25, 0.3) is 5.69 Å². The maximum Gasteiger partial charge on any atom is 0.319 e. The lowest BCUT2D eigenvalue weighted by molar-refractivity contribution is -0.384. The van der Waals surface area contributed by atoms with Gasteiger partial charge in [-0.25, -0.2) is 4.79 Å². The Kier molecular flexibility index (Phi) is 5.08. The molecule has 116 valence electrons. The second-order valence-corrected chi connectivity index (χ2v) is 5.44. The number of benzene rings is 1. The number of aliphatic hydroxyl groups is 1. The van der Waals surface area contributed by atoms with Gasteiger partial charge in [0.1, 0.15) is 0 Å². The van der Waals surface area contributed by atoms with Crippen LogP contribution in [0.4, 0.5) is 16.2 Å². The summed E-state index contributed by atoms with van der Waals surface area (Å²) in [7, 11) is 0. The number of nitro groups is 1. The third kappa shape index (κ3) is 4.03. The Morgan fingerprint density at radius 1 is 1.45 bits per heavy atom. The molecule has 2 rings (SSSR count). The fourth-order valence-electron chi connectivity index (χ4n) is 1.84. The molecule has 1 heterocycles. The first-order valence-corrected chi connectivity index (χ1v) is 7.41. The van der Waals surface area contributed by atoms with E-state index in [1.807, 2.05) is 10.8 Å². The molecule has 0 unspecified atom stereocenters. The van der Waals surface area contributed by atoms with Gasteiger partial charge in [-0.2, -0.15) is 11.3 Å². The summed E-state index contributed by atoms with van der Waals surface area (Å²) in [6.07, 6.45) is -0.769. The summed E-state index contributed by atoms with van der Waals surface area (Å²) in [6, 6.07) is 5.49. The van der Waals surface area contributed by atoms with Crippen LogP contribution in [-0.2, 0) is 0 Å². The number of amides is 2. The van der Waals surface area contributed by atoms with Gasteiger partial charge in [0.05, 0.1) is 11.0 Å². The molecule has 8 heteroatoms. The minimum atomic E-state index is -0.769. The fraction of sp³-hybridized carbons (Fsp3) is 0.214. The Labute approximate surface area is 130 Å². The first kappa shape index (κ1) is 15.9. The highest BCUT2D eigenvalue weighted by Crippen LogP contribution is 2.21. The molecule has 2 aromatic rings. The molecule has 1 aromatic heterocycles. The van der Waals surface area contributed by atoms with Crippen molar-refractivity contribution < 1.29 is 14.8 Å². The van der Waals surface area contributed by atoms with Gasteiger partial charge in [0.2, 0.25) is 0 Å². The molecule has 0 aliphatic rings. The third-order valence-corrected chi connectivity index (χ3v) is 3.75. The Bertz CT molecular complexity index is 673. The van der Waals surface area contributed by atoms with Crippen molar-refractivity contribution in [2.75, 3.05) is 11.9 Å². The number of aliphatic hydroxyl groups excluding tert-OH is 1. The van der Waals surface area contributed by atoms with Crippen molar-refractivity contribution in [3.63, 3.8) is 0 Å². The van der Waals surface area contributed by atoms with Crippen LogP contribution in [-0.4, -0.2) is 22.6 Å². The number of rotatable bonds is 5. The molecule has 0 spiro atoms. The number of anilines is 1. The van der Waals surface area contributed by atoms with Crippen molar-refractivity contribution in [3.05, 3.63) is 56.3 Å². The van der Waals surface area contributed by atoms with E-state index in [-0.39, 0.29) is 12.2 Å². The number of nitro benzene ring substituents is 1.